The molecule has 2 aromatic heterocycles. The van der Waals surface area contributed by atoms with Crippen LogP contribution in [0.5, 0.6) is 11.5 Å². The molecule has 0 saturated carbocycles. The van der Waals surface area contributed by atoms with E-state index >= 15 is 0 Å². The Morgan fingerprint density at radius 1 is 1.11 bits per heavy atom. The van der Waals surface area contributed by atoms with Gasteiger partial charge < -0.3 is 19.8 Å². The van der Waals surface area contributed by atoms with Crippen LogP contribution in [0.1, 0.15) is 5.69 Å². The van der Waals surface area contributed by atoms with E-state index < -0.39 is 38.7 Å². The minimum atomic E-state index is -4.84. The molecule has 0 aliphatic rings. The van der Waals surface area contributed by atoms with Crippen LogP contribution in [0.2, 0.25) is 0 Å². The predicted octanol–water partition coefficient (Wildman–Crippen LogP) is 2.38. The molecule has 3 rings (SSSR count). The molecule has 0 atom stereocenters. The standard InChI is InChI=1S/C14H7F3N4O6/c15-14(16,17)10-2-1-6(5-20(10)24)12-18-19-13(27-12)7-3-8(21(25)26)11(23)9(22)4-7/h1-5,22-23H. The first-order valence-corrected chi connectivity index (χ1v) is 6.93. The highest BCUT2D eigenvalue weighted by atomic mass is 19.4. The van der Waals surface area contributed by atoms with Crippen LogP contribution in [0.25, 0.3) is 22.9 Å². The lowest BCUT2D eigenvalue weighted by Gasteiger charge is -2.07. The van der Waals surface area contributed by atoms with E-state index in [0.29, 0.717) is 12.3 Å². The zero-order valence-corrected chi connectivity index (χ0v) is 12.8. The van der Waals surface area contributed by atoms with Crippen molar-refractivity contribution in [3.05, 3.63) is 51.5 Å². The van der Waals surface area contributed by atoms with Gasteiger partial charge in [0.25, 0.3) is 11.6 Å². The van der Waals surface area contributed by atoms with Crippen LogP contribution in [0.3, 0.4) is 0 Å². The van der Waals surface area contributed by atoms with Gasteiger partial charge in [0.15, 0.2) is 11.9 Å². The number of phenols is 2. The third-order valence-electron chi connectivity index (χ3n) is 3.39. The molecule has 0 saturated heterocycles. The van der Waals surface area contributed by atoms with Gasteiger partial charge in [0.1, 0.15) is 5.56 Å². The summed E-state index contributed by atoms with van der Waals surface area (Å²) in [5.74, 6) is -2.44. The van der Waals surface area contributed by atoms with Crippen LogP contribution in [0.4, 0.5) is 18.9 Å². The number of nitrogens with zero attached hydrogens (tertiary/aromatic N) is 4. The molecule has 0 fully saturated rings. The quantitative estimate of drug-likeness (QED) is 0.230. The van der Waals surface area contributed by atoms with Crippen molar-refractivity contribution in [2.75, 3.05) is 0 Å². The van der Waals surface area contributed by atoms with Gasteiger partial charge in [-0.05, 0) is 12.1 Å². The molecule has 13 heteroatoms. The molecule has 0 unspecified atom stereocenters. The van der Waals surface area contributed by atoms with Crippen molar-refractivity contribution in [2.24, 2.45) is 0 Å². The second kappa shape index (κ2) is 6.12. The highest BCUT2D eigenvalue weighted by Crippen LogP contribution is 2.39. The molecule has 0 spiro atoms. The summed E-state index contributed by atoms with van der Waals surface area (Å²) >= 11 is 0. The highest BCUT2D eigenvalue weighted by Gasteiger charge is 2.39. The molecule has 0 aliphatic heterocycles. The van der Waals surface area contributed by atoms with Crippen molar-refractivity contribution < 1.29 is 37.5 Å². The summed E-state index contributed by atoms with van der Waals surface area (Å²) in [4.78, 5) is 9.92. The number of pyridine rings is 1. The Hall–Kier alpha value is -3.90. The number of rotatable bonds is 3. The molecule has 27 heavy (non-hydrogen) atoms. The number of phenolic OH excluding ortho intramolecular Hbond substituents is 2. The van der Waals surface area contributed by atoms with Crippen molar-refractivity contribution in [2.45, 2.75) is 6.18 Å². The number of alkyl halides is 3. The van der Waals surface area contributed by atoms with Crippen LogP contribution in [0.15, 0.2) is 34.9 Å². The zero-order chi connectivity index (χ0) is 19.9. The SMILES string of the molecule is O=[N+]([O-])c1cc(-c2nnc(-c3ccc(C(F)(F)F)[n+]([O-])c3)o2)cc(O)c1O. The van der Waals surface area contributed by atoms with E-state index in [2.05, 4.69) is 10.2 Å². The molecule has 2 heterocycles. The Morgan fingerprint density at radius 2 is 1.74 bits per heavy atom. The van der Waals surface area contributed by atoms with Gasteiger partial charge >= 0.3 is 11.9 Å². The topological polar surface area (TPSA) is 149 Å². The molecule has 10 nitrogen and oxygen atoms in total. The minimum Gasteiger partial charge on any atom is -0.618 e. The monoisotopic (exact) mass is 384 g/mol. The average Bonchev–Trinajstić information content (AvgIpc) is 3.05. The van der Waals surface area contributed by atoms with E-state index in [1.807, 2.05) is 0 Å². The first kappa shape index (κ1) is 17.9. The largest absolute Gasteiger partial charge is 0.618 e. The van der Waals surface area contributed by atoms with Crippen LogP contribution in [0, 0.1) is 15.3 Å². The second-order valence-electron chi connectivity index (χ2n) is 5.16. The van der Waals surface area contributed by atoms with Crippen molar-refractivity contribution in [3.63, 3.8) is 0 Å². The zero-order valence-electron chi connectivity index (χ0n) is 12.8. The number of halogens is 3. The summed E-state index contributed by atoms with van der Waals surface area (Å²) in [6, 6.07) is 3.24. The first-order chi connectivity index (χ1) is 12.6. The van der Waals surface area contributed by atoms with Gasteiger partial charge in [-0.2, -0.15) is 17.9 Å². The molecule has 2 N–H and O–H groups in total. The molecule has 1 aromatic carbocycles. The summed E-state index contributed by atoms with van der Waals surface area (Å²) in [5, 5.41) is 48.5. The molecular formula is C14H7F3N4O6. The van der Waals surface area contributed by atoms with Crippen LogP contribution < -0.4 is 4.73 Å². The Kier molecular flexibility index (Phi) is 4.06. The minimum absolute atomic E-state index is 0.127. The Bertz CT molecular complexity index is 1050. The number of nitro benzene ring substituents is 1. The van der Waals surface area contributed by atoms with Crippen molar-refractivity contribution in [1.29, 1.82) is 0 Å². The number of nitro groups is 1. The maximum Gasteiger partial charge on any atom is 0.478 e. The highest BCUT2D eigenvalue weighted by molar-refractivity contribution is 5.68. The lowest BCUT2D eigenvalue weighted by Crippen LogP contribution is -2.36. The lowest BCUT2D eigenvalue weighted by atomic mass is 10.1. The summed E-state index contributed by atoms with van der Waals surface area (Å²) in [6.07, 6.45) is -4.26. The van der Waals surface area contributed by atoms with Crippen molar-refractivity contribution in [1.82, 2.24) is 10.2 Å². The molecule has 0 amide bonds. The lowest BCUT2D eigenvalue weighted by molar-refractivity contribution is -0.628. The molecular weight excluding hydrogens is 377 g/mol. The fraction of sp³-hybridized carbons (Fsp3) is 0.0714. The summed E-state index contributed by atoms with van der Waals surface area (Å²) in [6.45, 7) is 0. The van der Waals surface area contributed by atoms with E-state index in [0.717, 1.165) is 18.2 Å². The maximum absolute atomic E-state index is 12.6. The Morgan fingerprint density at radius 3 is 2.30 bits per heavy atom. The van der Waals surface area contributed by atoms with Crippen molar-refractivity contribution in [3.8, 4) is 34.4 Å². The maximum atomic E-state index is 12.6. The van der Waals surface area contributed by atoms with Crippen molar-refractivity contribution >= 4 is 5.69 Å². The van der Waals surface area contributed by atoms with Gasteiger partial charge in [-0.3, -0.25) is 10.1 Å². The van der Waals surface area contributed by atoms with E-state index in [-0.39, 0.29) is 22.9 Å². The van der Waals surface area contributed by atoms with Gasteiger partial charge in [-0.1, -0.05) is 0 Å². The normalized spacial score (nSPS) is 11.5. The number of benzene rings is 1. The first-order valence-electron chi connectivity index (χ1n) is 6.93. The predicted molar refractivity (Wildman–Crippen MR) is 79.1 cm³/mol. The van der Waals surface area contributed by atoms with Crippen LogP contribution >= 0.6 is 0 Å². The van der Waals surface area contributed by atoms with Crippen LogP contribution in [-0.4, -0.2) is 25.3 Å². The summed E-state index contributed by atoms with van der Waals surface area (Å²) in [5.41, 5.74) is -2.52. The third kappa shape index (κ3) is 3.29. The van der Waals surface area contributed by atoms with E-state index in [4.69, 9.17) is 4.42 Å². The number of aromatic hydroxyl groups is 2. The number of aromatic nitrogens is 3. The molecule has 3 aromatic rings. The third-order valence-corrected chi connectivity index (χ3v) is 3.39. The fourth-order valence-electron chi connectivity index (χ4n) is 2.15. The van der Waals surface area contributed by atoms with E-state index in [1.165, 1.54) is 0 Å². The van der Waals surface area contributed by atoms with Gasteiger partial charge in [0, 0.05) is 17.7 Å². The number of hydrogen-bond acceptors (Lipinski definition) is 8. The van der Waals surface area contributed by atoms with E-state index in [1.54, 1.807) is 0 Å². The second-order valence-corrected chi connectivity index (χ2v) is 5.16. The molecule has 140 valence electrons. The summed E-state index contributed by atoms with van der Waals surface area (Å²) < 4.78 is 42.6. The molecule has 0 aliphatic carbocycles. The number of hydrogen-bond donors (Lipinski definition) is 2. The Labute approximate surface area is 146 Å². The van der Waals surface area contributed by atoms with Gasteiger partial charge in [-0.25, -0.2) is 0 Å². The van der Waals surface area contributed by atoms with E-state index in [9.17, 15) is 38.7 Å². The van der Waals surface area contributed by atoms with Gasteiger partial charge in [0.05, 0.1) is 4.92 Å². The molecule has 0 radical (unpaired) electrons. The molecule has 0 bridgehead atoms. The van der Waals surface area contributed by atoms with Gasteiger partial charge in [-0.15, -0.1) is 10.2 Å². The average molecular weight is 384 g/mol. The Balaban J connectivity index is 2.01. The van der Waals surface area contributed by atoms with Crippen LogP contribution in [-0.2, 0) is 6.18 Å². The van der Waals surface area contributed by atoms with Gasteiger partial charge in [0.2, 0.25) is 11.6 Å². The fourth-order valence-corrected chi connectivity index (χ4v) is 2.15. The summed E-state index contributed by atoms with van der Waals surface area (Å²) in [7, 11) is 0. The smallest absolute Gasteiger partial charge is 0.478 e.